The zero-order chi connectivity index (χ0) is 16.8. The van der Waals surface area contributed by atoms with E-state index in [0.717, 1.165) is 11.3 Å². The van der Waals surface area contributed by atoms with Gasteiger partial charge >= 0.3 is 6.09 Å². The number of benzene rings is 1. The van der Waals surface area contributed by atoms with E-state index in [1.807, 2.05) is 31.2 Å². The van der Waals surface area contributed by atoms with Crippen molar-refractivity contribution in [2.75, 3.05) is 26.8 Å². The summed E-state index contributed by atoms with van der Waals surface area (Å²) in [6.45, 7) is 10.1. The Kier molecular flexibility index (Phi) is 11.9. The van der Waals surface area contributed by atoms with Crippen LogP contribution in [0, 0.1) is 0 Å². The predicted molar refractivity (Wildman–Crippen MR) is 90.4 cm³/mol. The topological polar surface area (TPSA) is 59.6 Å². The van der Waals surface area contributed by atoms with E-state index in [1.54, 1.807) is 0 Å². The molecule has 126 valence electrons. The molecule has 0 saturated carbocycles. The lowest BCUT2D eigenvalue weighted by Crippen LogP contribution is -2.32. The van der Waals surface area contributed by atoms with E-state index >= 15 is 0 Å². The zero-order valence-electron chi connectivity index (χ0n) is 14.4. The van der Waals surface area contributed by atoms with Crippen LogP contribution in [-0.2, 0) is 4.74 Å². The Morgan fingerprint density at radius 3 is 2.41 bits per heavy atom. The Balaban J connectivity index is 0.00000135. The lowest BCUT2D eigenvalue weighted by atomic mass is 10.1. The molecule has 0 radical (unpaired) electrons. The summed E-state index contributed by atoms with van der Waals surface area (Å²) in [6, 6.07) is 8.10. The van der Waals surface area contributed by atoms with Crippen LogP contribution in [0.5, 0.6) is 5.75 Å². The largest absolute Gasteiger partial charge is 0.494 e. The molecule has 0 aliphatic carbocycles. The third-order valence-corrected chi connectivity index (χ3v) is 2.72. The molecule has 1 unspecified atom stereocenters. The van der Waals surface area contributed by atoms with Crippen LogP contribution in [0.2, 0.25) is 0 Å². The van der Waals surface area contributed by atoms with E-state index < -0.39 is 6.09 Å². The van der Waals surface area contributed by atoms with Gasteiger partial charge in [0.2, 0.25) is 0 Å². The number of amides is 1. The highest BCUT2D eigenvalue weighted by Crippen LogP contribution is 2.24. The summed E-state index contributed by atoms with van der Waals surface area (Å²) in [5.41, 5.74) is 1.11. The smallest absolute Gasteiger partial charge is 0.406 e. The number of alkyl carbamates (subject to hydrolysis) is 1. The standard InChI is InChI=1S/C14H22N2O3.C3H8/c1-4-19-13-8-6-5-7-12(13)11(2)15-9-10-16-14(17)18-3;1-3-2/h5-8,11,15H,4,9-10H2,1-3H3,(H,16,17);3H2,1-2H3. The molecular weight excluding hydrogens is 280 g/mol. The molecule has 0 aliphatic heterocycles. The second-order valence-electron chi connectivity index (χ2n) is 4.77. The number of hydrogen-bond acceptors (Lipinski definition) is 4. The molecule has 1 amide bonds. The number of carbonyl (C=O) groups is 1. The maximum absolute atomic E-state index is 10.9. The second kappa shape index (κ2) is 13.0. The van der Waals surface area contributed by atoms with Crippen LogP contribution < -0.4 is 15.4 Å². The molecule has 0 spiro atoms. The highest BCUT2D eigenvalue weighted by atomic mass is 16.5. The first-order valence-corrected chi connectivity index (χ1v) is 7.87. The van der Waals surface area contributed by atoms with E-state index in [9.17, 15) is 4.79 Å². The van der Waals surface area contributed by atoms with Gasteiger partial charge in [0, 0.05) is 24.7 Å². The molecule has 1 aromatic rings. The Hall–Kier alpha value is -1.75. The fourth-order valence-corrected chi connectivity index (χ4v) is 1.76. The lowest BCUT2D eigenvalue weighted by molar-refractivity contribution is 0.171. The first-order valence-electron chi connectivity index (χ1n) is 7.87. The van der Waals surface area contributed by atoms with Crippen LogP contribution in [0.25, 0.3) is 0 Å². The molecule has 0 aromatic heterocycles. The summed E-state index contributed by atoms with van der Waals surface area (Å²) >= 11 is 0. The molecule has 1 atom stereocenters. The van der Waals surface area contributed by atoms with Gasteiger partial charge < -0.3 is 20.1 Å². The molecule has 1 aromatic carbocycles. The molecule has 5 heteroatoms. The van der Waals surface area contributed by atoms with Crippen LogP contribution in [0.4, 0.5) is 4.79 Å². The average molecular weight is 310 g/mol. The predicted octanol–water partition coefficient (Wildman–Crippen LogP) is 3.51. The third-order valence-electron chi connectivity index (χ3n) is 2.72. The highest BCUT2D eigenvalue weighted by Gasteiger charge is 2.10. The van der Waals surface area contributed by atoms with Crippen molar-refractivity contribution in [1.29, 1.82) is 0 Å². The summed E-state index contributed by atoms with van der Waals surface area (Å²) in [5.74, 6) is 0.894. The Labute approximate surface area is 134 Å². The number of para-hydroxylation sites is 1. The van der Waals surface area contributed by atoms with E-state index in [2.05, 4.69) is 36.1 Å². The minimum Gasteiger partial charge on any atom is -0.494 e. The van der Waals surface area contributed by atoms with Gasteiger partial charge in [-0.2, -0.15) is 0 Å². The molecule has 1 rings (SSSR count). The number of hydrogen-bond donors (Lipinski definition) is 2. The number of methoxy groups -OCH3 is 1. The van der Waals surface area contributed by atoms with Gasteiger partial charge in [-0.15, -0.1) is 0 Å². The van der Waals surface area contributed by atoms with Gasteiger partial charge in [0.15, 0.2) is 0 Å². The molecule has 0 aliphatic rings. The van der Waals surface area contributed by atoms with Gasteiger partial charge in [0.1, 0.15) is 5.75 Å². The van der Waals surface area contributed by atoms with Gasteiger partial charge in [-0.1, -0.05) is 38.5 Å². The molecule has 0 bridgehead atoms. The zero-order valence-corrected chi connectivity index (χ0v) is 14.4. The van der Waals surface area contributed by atoms with Gasteiger partial charge in [-0.05, 0) is 19.9 Å². The molecule has 5 nitrogen and oxygen atoms in total. The van der Waals surface area contributed by atoms with Crippen LogP contribution in [-0.4, -0.2) is 32.9 Å². The van der Waals surface area contributed by atoms with Crippen molar-refractivity contribution in [3.8, 4) is 5.75 Å². The first-order chi connectivity index (χ1) is 10.6. The Bertz CT molecular complexity index is 411. The van der Waals surface area contributed by atoms with Gasteiger partial charge in [-0.25, -0.2) is 4.79 Å². The number of nitrogens with one attached hydrogen (secondary N) is 2. The monoisotopic (exact) mass is 310 g/mol. The van der Waals surface area contributed by atoms with Crippen molar-refractivity contribution in [3.05, 3.63) is 29.8 Å². The molecule has 2 N–H and O–H groups in total. The molecular formula is C17H30N2O3. The summed E-state index contributed by atoms with van der Waals surface area (Å²) in [5, 5.41) is 5.95. The maximum atomic E-state index is 10.9. The molecule has 0 saturated heterocycles. The average Bonchev–Trinajstić information content (AvgIpc) is 2.52. The van der Waals surface area contributed by atoms with E-state index in [1.165, 1.54) is 13.5 Å². The van der Waals surface area contributed by atoms with Gasteiger partial charge in [-0.3, -0.25) is 0 Å². The molecule has 22 heavy (non-hydrogen) atoms. The van der Waals surface area contributed by atoms with Crippen LogP contribution in [0.3, 0.4) is 0 Å². The second-order valence-corrected chi connectivity index (χ2v) is 4.77. The van der Waals surface area contributed by atoms with Gasteiger partial charge in [0.25, 0.3) is 0 Å². The summed E-state index contributed by atoms with van der Waals surface area (Å²) in [7, 11) is 1.35. The van der Waals surface area contributed by atoms with Crippen molar-refractivity contribution in [3.63, 3.8) is 0 Å². The van der Waals surface area contributed by atoms with Crippen molar-refractivity contribution < 1.29 is 14.3 Å². The first kappa shape index (κ1) is 20.2. The van der Waals surface area contributed by atoms with Crippen LogP contribution >= 0.6 is 0 Å². The normalized spacial score (nSPS) is 11.0. The van der Waals surface area contributed by atoms with Crippen molar-refractivity contribution in [2.24, 2.45) is 0 Å². The fraction of sp³-hybridized carbons (Fsp3) is 0.588. The molecule has 0 fully saturated rings. The fourth-order valence-electron chi connectivity index (χ4n) is 1.76. The minimum absolute atomic E-state index is 0.155. The number of rotatable bonds is 7. The summed E-state index contributed by atoms with van der Waals surface area (Å²) < 4.78 is 10.1. The van der Waals surface area contributed by atoms with Crippen LogP contribution in [0.1, 0.15) is 45.7 Å². The minimum atomic E-state index is -0.413. The van der Waals surface area contributed by atoms with Crippen molar-refractivity contribution in [1.82, 2.24) is 10.6 Å². The van der Waals surface area contributed by atoms with E-state index in [-0.39, 0.29) is 6.04 Å². The Morgan fingerprint density at radius 1 is 1.18 bits per heavy atom. The SMILES string of the molecule is CCC.CCOc1ccccc1C(C)NCCNC(=O)OC. The Morgan fingerprint density at radius 2 is 1.82 bits per heavy atom. The lowest BCUT2D eigenvalue weighted by Gasteiger charge is -2.18. The number of ether oxygens (including phenoxy) is 2. The van der Waals surface area contributed by atoms with E-state index in [4.69, 9.17) is 4.74 Å². The highest BCUT2D eigenvalue weighted by molar-refractivity contribution is 5.66. The third kappa shape index (κ3) is 8.52. The van der Waals surface area contributed by atoms with Crippen molar-refractivity contribution >= 4 is 6.09 Å². The summed E-state index contributed by atoms with van der Waals surface area (Å²) in [4.78, 5) is 10.9. The van der Waals surface area contributed by atoms with Crippen LogP contribution in [0.15, 0.2) is 24.3 Å². The van der Waals surface area contributed by atoms with Crippen molar-refractivity contribution in [2.45, 2.75) is 40.2 Å². The number of carbonyl (C=O) groups excluding carboxylic acids is 1. The summed E-state index contributed by atoms with van der Waals surface area (Å²) in [6.07, 6.45) is 0.837. The maximum Gasteiger partial charge on any atom is 0.406 e. The van der Waals surface area contributed by atoms with E-state index in [0.29, 0.717) is 19.7 Å². The van der Waals surface area contributed by atoms with Gasteiger partial charge in [0.05, 0.1) is 13.7 Å². The molecule has 0 heterocycles. The quantitative estimate of drug-likeness (QED) is 0.757.